The van der Waals surface area contributed by atoms with E-state index in [0.717, 1.165) is 6.92 Å². The first-order chi connectivity index (χ1) is 19.5. The maximum absolute atomic E-state index is 14.8. The molecule has 228 valence electrons. The van der Waals surface area contributed by atoms with Crippen molar-refractivity contribution in [1.82, 2.24) is 0 Å². The highest BCUT2D eigenvalue weighted by Gasteiger charge is 2.78. The van der Waals surface area contributed by atoms with Gasteiger partial charge >= 0.3 is 17.9 Å². The van der Waals surface area contributed by atoms with Crippen LogP contribution in [0.3, 0.4) is 0 Å². The van der Waals surface area contributed by atoms with Crippen molar-refractivity contribution in [1.29, 1.82) is 0 Å². The molecule has 0 radical (unpaired) electrons. The quantitative estimate of drug-likeness (QED) is 0.267. The van der Waals surface area contributed by atoms with Crippen molar-refractivity contribution in [3.63, 3.8) is 0 Å². The number of benzene rings is 1. The summed E-state index contributed by atoms with van der Waals surface area (Å²) in [6, 6.07) is 8.05. The predicted octanol–water partition coefficient (Wildman–Crippen LogP) is 1.65. The SMILES string of the molecule is CC(=O)O[C@H]1C(=O)[C@]2(C)[C@H](O)C[C@H]3OC[C@@]3(OC(C)=O)[C@H]2[C@H](OC(=O)c2ccccc2)[C@@]2(O)C[C@H](O)C(C)=C1C2(C)C. The molecule has 1 aromatic rings. The number of fused-ring (bicyclic) bond motifs is 5. The van der Waals surface area contributed by atoms with Crippen molar-refractivity contribution < 1.29 is 53.4 Å². The maximum Gasteiger partial charge on any atom is 0.338 e. The number of ketones is 1. The van der Waals surface area contributed by atoms with Crippen LogP contribution in [-0.4, -0.2) is 87.3 Å². The van der Waals surface area contributed by atoms with E-state index in [1.54, 1.807) is 39.0 Å². The first-order valence-electron chi connectivity index (χ1n) is 14.1. The van der Waals surface area contributed by atoms with Crippen LogP contribution in [-0.2, 0) is 33.3 Å². The molecule has 1 heterocycles. The Hall–Kier alpha value is -3.12. The lowest BCUT2D eigenvalue weighted by atomic mass is 9.44. The van der Waals surface area contributed by atoms with E-state index in [1.807, 2.05) is 0 Å². The molecule has 2 saturated carbocycles. The van der Waals surface area contributed by atoms with Crippen LogP contribution in [0, 0.1) is 16.7 Å². The van der Waals surface area contributed by atoms with Crippen molar-refractivity contribution >= 4 is 23.7 Å². The van der Waals surface area contributed by atoms with Crippen LogP contribution in [0.4, 0.5) is 0 Å². The fraction of sp³-hybridized carbons (Fsp3) is 0.613. The first kappa shape index (κ1) is 30.3. The van der Waals surface area contributed by atoms with E-state index in [9.17, 15) is 34.5 Å². The van der Waals surface area contributed by atoms with Gasteiger partial charge in [-0.25, -0.2) is 4.79 Å². The molecule has 9 atom stereocenters. The second-order valence-electron chi connectivity index (χ2n) is 12.8. The number of aliphatic hydroxyl groups is 3. The van der Waals surface area contributed by atoms with Gasteiger partial charge in [-0.05, 0) is 37.1 Å². The van der Waals surface area contributed by atoms with Crippen molar-refractivity contribution in [3.05, 3.63) is 47.0 Å². The summed E-state index contributed by atoms with van der Waals surface area (Å²) in [5.74, 6) is -4.41. The minimum atomic E-state index is -2.11. The van der Waals surface area contributed by atoms with Crippen molar-refractivity contribution in [3.8, 4) is 0 Å². The Morgan fingerprint density at radius 1 is 1.00 bits per heavy atom. The molecule has 4 aliphatic rings. The number of carbonyl (C=O) groups is 4. The number of ether oxygens (including phenoxy) is 4. The standard InChI is InChI=1S/C31H38O11/c1-15-19(34)13-31(38)26(41-27(37)18-10-8-7-9-11-18)24-29(6,20(35)12-21-30(24,14-39-21)42-17(3)33)25(36)23(40-16(2)32)22(15)28(31,4)5/h7-11,19-21,23-24,26,34-35,38H,12-14H2,1-6H3/t19-,20+,21+,23+,24-,26-,29+,30-,31-/m0/s1. The Bertz CT molecular complexity index is 1350. The second-order valence-corrected chi connectivity index (χ2v) is 12.8. The third-order valence-corrected chi connectivity index (χ3v) is 10.2. The third kappa shape index (κ3) is 4.08. The smallest absolute Gasteiger partial charge is 0.338 e. The second kappa shape index (κ2) is 9.97. The van der Waals surface area contributed by atoms with Gasteiger partial charge in [0.15, 0.2) is 17.5 Å². The van der Waals surface area contributed by atoms with Crippen molar-refractivity contribution in [2.75, 3.05) is 6.61 Å². The molecule has 3 fully saturated rings. The molecule has 1 aliphatic heterocycles. The van der Waals surface area contributed by atoms with E-state index in [-0.39, 0.29) is 30.6 Å². The molecule has 11 nitrogen and oxygen atoms in total. The van der Waals surface area contributed by atoms with E-state index in [2.05, 4.69) is 0 Å². The fourth-order valence-corrected chi connectivity index (χ4v) is 7.91. The van der Waals surface area contributed by atoms with Gasteiger partial charge in [0.2, 0.25) is 0 Å². The molecule has 3 aliphatic carbocycles. The third-order valence-electron chi connectivity index (χ3n) is 10.2. The van der Waals surface area contributed by atoms with Gasteiger partial charge in [-0.1, -0.05) is 32.0 Å². The largest absolute Gasteiger partial charge is 0.455 e. The van der Waals surface area contributed by atoms with Gasteiger partial charge in [0, 0.05) is 32.1 Å². The first-order valence-corrected chi connectivity index (χ1v) is 14.1. The number of hydrogen-bond acceptors (Lipinski definition) is 11. The van der Waals surface area contributed by atoms with E-state index in [1.165, 1.54) is 26.0 Å². The van der Waals surface area contributed by atoms with Crippen LogP contribution in [0.25, 0.3) is 0 Å². The average molecular weight is 587 g/mol. The molecule has 0 amide bonds. The molecule has 42 heavy (non-hydrogen) atoms. The summed E-state index contributed by atoms with van der Waals surface area (Å²) in [6.07, 6.45) is -7.27. The summed E-state index contributed by atoms with van der Waals surface area (Å²) in [7, 11) is 0. The number of Topliss-reactive ketones (excluding diaryl/α,β-unsaturated/α-hetero) is 1. The highest BCUT2D eigenvalue weighted by Crippen LogP contribution is 2.64. The maximum atomic E-state index is 14.8. The van der Waals surface area contributed by atoms with Crippen molar-refractivity contribution in [2.24, 2.45) is 16.7 Å². The molecule has 0 spiro atoms. The summed E-state index contributed by atoms with van der Waals surface area (Å²) >= 11 is 0. The highest BCUT2D eigenvalue weighted by molar-refractivity contribution is 5.95. The number of aliphatic hydroxyl groups excluding tert-OH is 2. The normalized spacial score (nSPS) is 40.4. The van der Waals surface area contributed by atoms with Crippen LogP contribution in [0.2, 0.25) is 0 Å². The van der Waals surface area contributed by atoms with Gasteiger partial charge in [0.25, 0.3) is 0 Å². The van der Waals surface area contributed by atoms with Crippen LogP contribution in [0.15, 0.2) is 41.5 Å². The topological polar surface area (TPSA) is 166 Å². The van der Waals surface area contributed by atoms with E-state index in [0.29, 0.717) is 5.57 Å². The molecule has 0 aromatic heterocycles. The summed E-state index contributed by atoms with van der Waals surface area (Å²) < 4.78 is 23.5. The molecule has 3 N–H and O–H groups in total. The van der Waals surface area contributed by atoms with Crippen LogP contribution < -0.4 is 0 Å². The van der Waals surface area contributed by atoms with Gasteiger partial charge < -0.3 is 34.3 Å². The molecule has 5 rings (SSSR count). The Labute approximate surface area is 243 Å². The van der Waals surface area contributed by atoms with E-state index < -0.39 is 82.2 Å². The minimum absolute atomic E-state index is 0.110. The van der Waals surface area contributed by atoms with Gasteiger partial charge in [-0.15, -0.1) is 0 Å². The van der Waals surface area contributed by atoms with Crippen molar-refractivity contribution in [2.45, 2.75) is 96.1 Å². The Morgan fingerprint density at radius 2 is 1.64 bits per heavy atom. The lowest BCUT2D eigenvalue weighted by Gasteiger charge is -2.67. The zero-order valence-electron chi connectivity index (χ0n) is 24.6. The molecule has 1 saturated heterocycles. The molecule has 1 aromatic carbocycles. The summed E-state index contributed by atoms with van der Waals surface area (Å²) in [5.41, 5.74) is -6.38. The van der Waals surface area contributed by atoms with E-state index in [4.69, 9.17) is 18.9 Å². The average Bonchev–Trinajstić information content (AvgIpc) is 2.90. The van der Waals surface area contributed by atoms with Gasteiger partial charge in [-0.3, -0.25) is 14.4 Å². The number of carbonyl (C=O) groups excluding carboxylic acids is 4. The monoisotopic (exact) mass is 586 g/mol. The summed E-state index contributed by atoms with van der Waals surface area (Å²) in [4.78, 5) is 53.4. The van der Waals surface area contributed by atoms with Gasteiger partial charge in [0.05, 0.1) is 35.7 Å². The molecule has 2 bridgehead atoms. The Kier molecular flexibility index (Phi) is 7.20. The predicted molar refractivity (Wildman–Crippen MR) is 145 cm³/mol. The minimum Gasteiger partial charge on any atom is -0.455 e. The number of esters is 3. The number of rotatable bonds is 4. The van der Waals surface area contributed by atoms with E-state index >= 15 is 0 Å². The molecule has 0 unspecified atom stereocenters. The summed E-state index contributed by atoms with van der Waals surface area (Å²) in [6.45, 7) is 8.42. The lowest BCUT2D eigenvalue weighted by Crippen LogP contribution is -2.81. The van der Waals surface area contributed by atoms with Crippen LogP contribution in [0.1, 0.15) is 64.7 Å². The Morgan fingerprint density at radius 3 is 2.19 bits per heavy atom. The molecule has 11 heteroatoms. The molecular formula is C31H38O11. The molecular weight excluding hydrogens is 548 g/mol. The zero-order chi connectivity index (χ0) is 31.0. The summed E-state index contributed by atoms with van der Waals surface area (Å²) in [5, 5.41) is 35.8. The number of hydrogen-bond donors (Lipinski definition) is 3. The van der Waals surface area contributed by atoms with Crippen LogP contribution >= 0.6 is 0 Å². The fourth-order valence-electron chi connectivity index (χ4n) is 7.91. The van der Waals surface area contributed by atoms with Gasteiger partial charge in [-0.2, -0.15) is 0 Å². The lowest BCUT2D eigenvalue weighted by molar-refractivity contribution is -0.345. The Balaban J connectivity index is 1.84. The highest BCUT2D eigenvalue weighted by atomic mass is 16.6. The zero-order valence-corrected chi connectivity index (χ0v) is 24.6. The van der Waals surface area contributed by atoms with Gasteiger partial charge in [0.1, 0.15) is 17.8 Å². The van der Waals surface area contributed by atoms with Crippen LogP contribution in [0.5, 0.6) is 0 Å².